The Bertz CT molecular complexity index is 1150. The van der Waals surface area contributed by atoms with Crippen molar-refractivity contribution in [2.45, 2.75) is 134 Å². The molecule has 0 aromatic carbocycles. The van der Waals surface area contributed by atoms with Crippen molar-refractivity contribution in [3.63, 3.8) is 0 Å². The summed E-state index contributed by atoms with van der Waals surface area (Å²) in [6.07, 6.45) is 9.33. The second kappa shape index (κ2) is 16.8. The number of nitrogens with zero attached hydrogens (tertiary/aromatic N) is 2. The highest BCUT2D eigenvalue weighted by Gasteiger charge is 2.65. The fraction of sp³-hybridized carbons (Fsp3) is 0.857. The minimum Gasteiger partial charge on any atom is -0.391 e. The summed E-state index contributed by atoms with van der Waals surface area (Å²) in [5.74, 6) is -1.83. The molecule has 48 heavy (non-hydrogen) atoms. The van der Waals surface area contributed by atoms with Crippen molar-refractivity contribution in [3.8, 4) is 0 Å². The van der Waals surface area contributed by atoms with E-state index in [1.807, 2.05) is 20.8 Å². The maximum atomic E-state index is 14.4. The van der Waals surface area contributed by atoms with Crippen LogP contribution in [0.25, 0.3) is 0 Å². The molecule has 272 valence electrons. The summed E-state index contributed by atoms with van der Waals surface area (Å²) in [6, 6.07) is -3.97. The highest BCUT2D eigenvalue weighted by molar-refractivity contribution is 5.99. The van der Waals surface area contributed by atoms with Crippen LogP contribution in [0.4, 0.5) is 0 Å². The number of aliphatic hydroxyl groups excluding tert-OH is 1. The van der Waals surface area contributed by atoms with E-state index in [2.05, 4.69) is 26.2 Å². The highest BCUT2D eigenvalue weighted by Crippen LogP contribution is 2.53. The van der Waals surface area contributed by atoms with E-state index in [4.69, 9.17) is 5.73 Å². The quantitative estimate of drug-likeness (QED) is 0.227. The van der Waals surface area contributed by atoms with Crippen LogP contribution in [0.2, 0.25) is 0 Å². The maximum absolute atomic E-state index is 14.4. The van der Waals surface area contributed by atoms with Crippen LogP contribution in [0.15, 0.2) is 0 Å². The number of amides is 5. The minimum absolute atomic E-state index is 0.0782. The third-order valence-corrected chi connectivity index (χ3v) is 11.6. The fourth-order valence-electron chi connectivity index (χ4n) is 8.36. The molecule has 3 saturated carbocycles. The molecule has 0 radical (unpaired) electrons. The predicted molar refractivity (Wildman–Crippen MR) is 182 cm³/mol. The number of nitrogens with one attached hydrogen (secondary N) is 4. The lowest BCUT2D eigenvalue weighted by Crippen LogP contribution is -2.64. The van der Waals surface area contributed by atoms with Crippen molar-refractivity contribution in [1.29, 1.82) is 0 Å². The van der Waals surface area contributed by atoms with Gasteiger partial charge in [-0.05, 0) is 69.7 Å². The van der Waals surface area contributed by atoms with Gasteiger partial charge in [-0.1, -0.05) is 58.8 Å². The molecule has 1 spiro atoms. The van der Waals surface area contributed by atoms with Gasteiger partial charge in [-0.3, -0.25) is 28.9 Å². The summed E-state index contributed by atoms with van der Waals surface area (Å²) in [7, 11) is 1.70. The molecule has 7 atom stereocenters. The number of carbonyl (C=O) groups excluding carboxylic acids is 5. The number of nitrogens with two attached hydrogens (primary N) is 1. The monoisotopic (exact) mass is 675 g/mol. The smallest absolute Gasteiger partial charge is 0.246 e. The van der Waals surface area contributed by atoms with E-state index in [0.717, 1.165) is 38.5 Å². The van der Waals surface area contributed by atoms with E-state index in [0.29, 0.717) is 25.4 Å². The summed E-state index contributed by atoms with van der Waals surface area (Å²) >= 11 is 0. The normalized spacial score (nSPS) is 33.5. The average molecular weight is 676 g/mol. The van der Waals surface area contributed by atoms with Crippen molar-refractivity contribution < 1.29 is 29.1 Å². The van der Waals surface area contributed by atoms with Crippen LogP contribution < -0.4 is 27.0 Å². The third-order valence-electron chi connectivity index (χ3n) is 11.6. The van der Waals surface area contributed by atoms with Crippen LogP contribution in [0.1, 0.15) is 98.3 Å². The maximum Gasteiger partial charge on any atom is 0.246 e. The molecule has 3 aliphatic carbocycles. The lowest BCUT2D eigenvalue weighted by atomic mass is 9.83. The molecule has 1 saturated heterocycles. The number of carbonyl (C=O) groups is 5. The largest absolute Gasteiger partial charge is 0.391 e. The number of aliphatic hydroxyl groups is 1. The van der Waals surface area contributed by atoms with E-state index >= 15 is 0 Å². The van der Waals surface area contributed by atoms with Crippen molar-refractivity contribution in [2.75, 3.05) is 33.2 Å². The van der Waals surface area contributed by atoms with E-state index in [9.17, 15) is 29.1 Å². The standard InChI is InChI=1S/C35H61N7O6/c1-21(2)26-19-35(26)34(48)40-29(25-13-7-6-8-14-25)32(46)38-27(20-36)30(44)39-28(23(4)43)31(45)37-16-18-42(22(3)33(47)41(35)5)17-15-24-11-9-10-12-24/h21-29,43H,6-20,36H2,1-5H3,(H,37,45)(H,38,46)(H,39,44)(H,40,48)/t22-,23-,26+,27-,28-,29-,35?/m0/s1. The molecule has 1 aliphatic heterocycles. The van der Waals surface area contributed by atoms with Gasteiger partial charge in [0, 0.05) is 26.7 Å². The van der Waals surface area contributed by atoms with E-state index < -0.39 is 53.5 Å². The van der Waals surface area contributed by atoms with Crippen molar-refractivity contribution >= 4 is 29.5 Å². The average Bonchev–Trinajstić information content (AvgIpc) is 3.63. The molecule has 4 rings (SSSR count). The van der Waals surface area contributed by atoms with Crippen LogP contribution in [0.5, 0.6) is 0 Å². The molecule has 0 aromatic heterocycles. The van der Waals surface area contributed by atoms with Gasteiger partial charge in [0.05, 0.1) is 12.1 Å². The first-order valence-corrected chi connectivity index (χ1v) is 18.4. The number of rotatable bonds is 7. The second-order valence-electron chi connectivity index (χ2n) is 15.2. The topological polar surface area (TPSA) is 186 Å². The molecule has 5 amide bonds. The number of hydrogen-bond acceptors (Lipinski definition) is 8. The zero-order chi connectivity index (χ0) is 35.2. The molecule has 13 heteroatoms. The molecular formula is C35H61N7O6. The lowest BCUT2D eigenvalue weighted by molar-refractivity contribution is -0.146. The number of likely N-dealkylation sites (N-methyl/N-ethyl adjacent to an activating group) is 1. The Labute approximate surface area is 286 Å². The summed E-state index contributed by atoms with van der Waals surface area (Å²) in [5.41, 5.74) is 4.85. The Kier molecular flexibility index (Phi) is 13.3. The van der Waals surface area contributed by atoms with Gasteiger partial charge >= 0.3 is 0 Å². The molecule has 13 nitrogen and oxygen atoms in total. The molecule has 4 aliphatic rings. The van der Waals surface area contributed by atoms with Gasteiger partial charge in [-0.2, -0.15) is 0 Å². The van der Waals surface area contributed by atoms with Crippen molar-refractivity contribution in [1.82, 2.24) is 31.1 Å². The first-order chi connectivity index (χ1) is 22.8. The first-order valence-electron chi connectivity index (χ1n) is 18.4. The van der Waals surface area contributed by atoms with Gasteiger partial charge in [-0.15, -0.1) is 0 Å². The zero-order valence-corrected chi connectivity index (χ0v) is 29.8. The Hall–Kier alpha value is -2.77. The van der Waals surface area contributed by atoms with Crippen molar-refractivity contribution in [3.05, 3.63) is 0 Å². The van der Waals surface area contributed by atoms with Gasteiger partial charge in [0.1, 0.15) is 23.7 Å². The number of hydrogen-bond donors (Lipinski definition) is 6. The first kappa shape index (κ1) is 38.0. The Morgan fingerprint density at radius 1 is 0.896 bits per heavy atom. The Morgan fingerprint density at radius 2 is 1.54 bits per heavy atom. The molecule has 4 fully saturated rings. The van der Waals surface area contributed by atoms with Crippen molar-refractivity contribution in [2.24, 2.45) is 29.4 Å². The van der Waals surface area contributed by atoms with Gasteiger partial charge in [0.2, 0.25) is 29.5 Å². The molecule has 7 N–H and O–H groups in total. The van der Waals surface area contributed by atoms with Crippen LogP contribution in [-0.4, -0.2) is 113 Å². The van der Waals surface area contributed by atoms with Gasteiger partial charge in [-0.25, -0.2) is 0 Å². The Balaban J connectivity index is 1.69. The summed E-state index contributed by atoms with van der Waals surface area (Å²) in [4.78, 5) is 73.0. The SMILES string of the molecule is CC(C)[C@H]1CC12C(=O)N[C@@H](C1CCCCC1)C(=O)N[C@@H](CN)C(=O)N[C@@H]([C@H](C)O)C(=O)NCCN(CCC1CCCC1)[C@@H](C)C(=O)N2C. The predicted octanol–water partition coefficient (Wildman–Crippen LogP) is 0.634. The fourth-order valence-corrected chi connectivity index (χ4v) is 8.36. The highest BCUT2D eigenvalue weighted by atomic mass is 16.3. The summed E-state index contributed by atoms with van der Waals surface area (Å²) in [5, 5.41) is 21.7. The van der Waals surface area contributed by atoms with E-state index in [1.54, 1.807) is 11.9 Å². The summed E-state index contributed by atoms with van der Waals surface area (Å²) in [6.45, 7) is 8.33. The second-order valence-corrected chi connectivity index (χ2v) is 15.2. The lowest BCUT2D eigenvalue weighted by Gasteiger charge is -2.38. The third kappa shape index (κ3) is 8.68. The minimum atomic E-state index is -1.28. The molecule has 1 heterocycles. The van der Waals surface area contributed by atoms with Crippen LogP contribution in [0, 0.1) is 23.7 Å². The molecule has 0 bridgehead atoms. The van der Waals surface area contributed by atoms with Gasteiger partial charge in [0.25, 0.3) is 0 Å². The molecular weight excluding hydrogens is 614 g/mol. The zero-order valence-electron chi connectivity index (χ0n) is 29.8. The molecule has 1 unspecified atom stereocenters. The van der Waals surface area contributed by atoms with Gasteiger partial charge in [0.15, 0.2) is 0 Å². The van der Waals surface area contributed by atoms with Crippen LogP contribution >= 0.6 is 0 Å². The summed E-state index contributed by atoms with van der Waals surface area (Å²) < 4.78 is 0. The Morgan fingerprint density at radius 3 is 2.12 bits per heavy atom. The van der Waals surface area contributed by atoms with Crippen LogP contribution in [-0.2, 0) is 24.0 Å². The van der Waals surface area contributed by atoms with Gasteiger partial charge < -0.3 is 37.0 Å². The van der Waals surface area contributed by atoms with E-state index in [-0.39, 0.29) is 42.7 Å². The molecule has 0 aromatic rings. The van der Waals surface area contributed by atoms with Crippen LogP contribution in [0.3, 0.4) is 0 Å². The van der Waals surface area contributed by atoms with E-state index in [1.165, 1.54) is 32.6 Å².